The first-order chi connectivity index (χ1) is 10.3. The van der Waals surface area contributed by atoms with Crippen molar-refractivity contribution in [1.82, 2.24) is 0 Å². The number of hydrogen-bond acceptors (Lipinski definition) is 4. The Labute approximate surface area is 159 Å². The van der Waals surface area contributed by atoms with Gasteiger partial charge in [0.1, 0.15) is 0 Å². The summed E-state index contributed by atoms with van der Waals surface area (Å²) in [4.78, 5) is 0. The molecule has 2 rings (SSSR count). The lowest BCUT2D eigenvalue weighted by Crippen LogP contribution is -1.87. The van der Waals surface area contributed by atoms with Crippen LogP contribution in [0, 0.1) is 0 Å². The summed E-state index contributed by atoms with van der Waals surface area (Å²) in [5.74, 6) is 0. The van der Waals surface area contributed by atoms with Crippen molar-refractivity contribution >= 4 is 78.0 Å². The van der Waals surface area contributed by atoms with Crippen LogP contribution in [0.1, 0.15) is 0 Å². The van der Waals surface area contributed by atoms with Crippen LogP contribution in [0.4, 0.5) is 11.4 Å². The van der Waals surface area contributed by atoms with Crippen LogP contribution in [0.15, 0.2) is 45.3 Å². The Morgan fingerprint density at radius 2 is 1.45 bits per heavy atom. The predicted octanol–water partition coefficient (Wildman–Crippen LogP) is 5.16. The van der Waals surface area contributed by atoms with Crippen LogP contribution >= 0.6 is 55.1 Å². The third kappa shape index (κ3) is 8.75. The minimum atomic E-state index is -0.750. The second-order valence-electron chi connectivity index (χ2n) is 3.61. The Bertz CT molecular complexity index is 654. The molecule has 2 aromatic carbocycles. The number of nitrogens with two attached hydrogens (primary N) is 1. The summed E-state index contributed by atoms with van der Waals surface area (Å²) in [7, 11) is 1.84. The van der Waals surface area contributed by atoms with E-state index in [1.54, 1.807) is 12.1 Å². The zero-order valence-electron chi connectivity index (χ0n) is 11.3. The fourth-order valence-electron chi connectivity index (χ4n) is 1.20. The molecule has 22 heavy (non-hydrogen) atoms. The smallest absolute Gasteiger partial charge is 0.335 e. The van der Waals surface area contributed by atoms with Gasteiger partial charge in [0.05, 0.1) is 21.4 Å². The monoisotopic (exact) mass is 488 g/mol. The number of halogens is 4. The van der Waals surface area contributed by atoms with Gasteiger partial charge in [-0.15, -0.1) is 0 Å². The first-order valence-electron chi connectivity index (χ1n) is 5.60. The molecule has 3 N–H and O–H groups in total. The third-order valence-electron chi connectivity index (χ3n) is 2.16. The summed E-state index contributed by atoms with van der Waals surface area (Å²) in [6, 6.07) is 11.0. The molecule has 9 heteroatoms. The summed E-state index contributed by atoms with van der Waals surface area (Å²) in [5, 5.41) is 4.31. The summed E-state index contributed by atoms with van der Waals surface area (Å²) in [5.41, 5.74) is 7.00. The van der Waals surface area contributed by atoms with Crippen LogP contribution < -0.4 is 11.1 Å². The van der Waals surface area contributed by atoms with Crippen molar-refractivity contribution < 1.29 is 8.42 Å². The van der Waals surface area contributed by atoms with Crippen molar-refractivity contribution in [3.8, 4) is 0 Å². The van der Waals surface area contributed by atoms with Crippen LogP contribution in [0.5, 0.6) is 0 Å². The van der Waals surface area contributed by atoms with Crippen molar-refractivity contribution in [1.29, 1.82) is 0 Å². The minimum Gasteiger partial charge on any atom is -0.397 e. The molecule has 0 bridgehead atoms. The van der Waals surface area contributed by atoms with Crippen LogP contribution in [0.25, 0.3) is 0 Å². The fourth-order valence-corrected chi connectivity index (χ4v) is 2.27. The van der Waals surface area contributed by atoms with E-state index in [0.29, 0.717) is 10.7 Å². The van der Waals surface area contributed by atoms with Crippen molar-refractivity contribution in [3.05, 3.63) is 55.4 Å². The number of nitrogen functional groups attached to an aromatic ring is 1. The highest BCUT2D eigenvalue weighted by atomic mass is 79.9. The molecule has 0 saturated carbocycles. The molecule has 2 aromatic rings. The minimum absolute atomic E-state index is 0.596. The number of nitrogens with one attached hydrogen (secondary N) is 1. The summed E-state index contributed by atoms with van der Waals surface area (Å²) in [6.45, 7) is 0. The molecule has 0 radical (unpaired) electrons. The first-order valence-corrected chi connectivity index (χ1v) is 8.61. The molecular formula is C13H12Br2Cl2N2O2S. The van der Waals surface area contributed by atoms with Gasteiger partial charge in [0.15, 0.2) is 0 Å². The molecule has 0 amide bonds. The van der Waals surface area contributed by atoms with E-state index in [1.807, 2.05) is 31.3 Å². The van der Waals surface area contributed by atoms with Crippen LogP contribution in [0.2, 0.25) is 10.0 Å². The van der Waals surface area contributed by atoms with Gasteiger partial charge in [-0.25, -0.2) is 0 Å². The maximum atomic E-state index is 8.29. The van der Waals surface area contributed by atoms with E-state index in [4.69, 9.17) is 37.4 Å². The van der Waals surface area contributed by atoms with Gasteiger partial charge in [0.25, 0.3) is 0 Å². The zero-order valence-corrected chi connectivity index (χ0v) is 16.8. The van der Waals surface area contributed by atoms with Gasteiger partial charge in [-0.1, -0.05) is 55.1 Å². The first kappa shape index (κ1) is 21.4. The van der Waals surface area contributed by atoms with E-state index in [9.17, 15) is 0 Å². The van der Waals surface area contributed by atoms with Crippen molar-refractivity contribution in [2.24, 2.45) is 0 Å². The lowest BCUT2D eigenvalue weighted by molar-refractivity contribution is 0.630. The number of benzene rings is 2. The third-order valence-corrected chi connectivity index (χ3v) is 3.82. The molecule has 0 aliphatic heterocycles. The van der Waals surface area contributed by atoms with Gasteiger partial charge >= 0.3 is 11.6 Å². The van der Waals surface area contributed by atoms with Gasteiger partial charge in [0, 0.05) is 16.0 Å². The van der Waals surface area contributed by atoms with Crippen molar-refractivity contribution in [3.63, 3.8) is 0 Å². The largest absolute Gasteiger partial charge is 0.397 e. The molecule has 0 unspecified atom stereocenters. The van der Waals surface area contributed by atoms with Gasteiger partial charge in [-0.2, -0.15) is 8.42 Å². The highest BCUT2D eigenvalue weighted by molar-refractivity contribution is 9.10. The average Bonchev–Trinajstić information content (AvgIpc) is 2.47. The number of rotatable bonds is 1. The molecule has 0 aliphatic rings. The molecule has 0 spiro atoms. The predicted molar refractivity (Wildman–Crippen MR) is 101 cm³/mol. The topological polar surface area (TPSA) is 72.2 Å². The highest BCUT2D eigenvalue weighted by Crippen LogP contribution is 2.24. The molecule has 0 aliphatic carbocycles. The lowest BCUT2D eigenvalue weighted by atomic mass is 10.3. The van der Waals surface area contributed by atoms with Crippen molar-refractivity contribution in [2.45, 2.75) is 0 Å². The number of hydrogen-bond donors (Lipinski definition) is 2. The summed E-state index contributed by atoms with van der Waals surface area (Å²) in [6.07, 6.45) is 0. The molecule has 120 valence electrons. The van der Waals surface area contributed by atoms with E-state index in [0.717, 1.165) is 19.7 Å². The molecule has 0 heterocycles. The molecule has 0 saturated heterocycles. The van der Waals surface area contributed by atoms with E-state index >= 15 is 0 Å². The Hall–Kier alpha value is -0.600. The second kappa shape index (κ2) is 11.9. The van der Waals surface area contributed by atoms with Gasteiger partial charge < -0.3 is 11.1 Å². The molecule has 0 atom stereocenters. The van der Waals surface area contributed by atoms with Gasteiger partial charge in [0.2, 0.25) is 0 Å². The molecular weight excluding hydrogens is 479 g/mol. The zero-order chi connectivity index (χ0) is 17.1. The molecule has 4 nitrogen and oxygen atoms in total. The quantitative estimate of drug-likeness (QED) is 0.542. The van der Waals surface area contributed by atoms with E-state index in [2.05, 4.69) is 37.2 Å². The average molecular weight is 491 g/mol. The standard InChI is InChI=1S/C7H7BrClN.C6H5BrClN.O2S/c1-10-7-4-5(8)2-3-6(7)9;7-4-1-2-5(8)6(9)3-4;1-3-2/h2-4,10H,1H3;1-3H,9H2;. The van der Waals surface area contributed by atoms with Crippen LogP contribution in [0.3, 0.4) is 0 Å². The lowest BCUT2D eigenvalue weighted by Gasteiger charge is -2.01. The van der Waals surface area contributed by atoms with E-state index < -0.39 is 11.6 Å². The maximum Gasteiger partial charge on any atom is 0.335 e. The Kier molecular flexibility index (Phi) is 11.6. The van der Waals surface area contributed by atoms with Gasteiger partial charge in [-0.3, -0.25) is 0 Å². The van der Waals surface area contributed by atoms with Crippen LogP contribution in [-0.2, 0) is 11.6 Å². The maximum absolute atomic E-state index is 8.29. The Morgan fingerprint density at radius 3 is 1.82 bits per heavy atom. The SMILES string of the molecule is CNc1cc(Br)ccc1Cl.Nc1cc(Br)ccc1Cl.O=S=O. The molecule has 0 aromatic heterocycles. The summed E-state index contributed by atoms with van der Waals surface area (Å²) < 4.78 is 18.6. The normalized spacial score (nSPS) is 8.77. The number of anilines is 2. The van der Waals surface area contributed by atoms with E-state index in [1.165, 1.54) is 0 Å². The summed E-state index contributed by atoms with van der Waals surface area (Å²) >= 11 is 17.3. The fraction of sp³-hybridized carbons (Fsp3) is 0.0769. The molecule has 0 fully saturated rings. The Balaban J connectivity index is 0.000000342. The highest BCUT2D eigenvalue weighted by Gasteiger charge is 1.96. The van der Waals surface area contributed by atoms with Crippen LogP contribution in [-0.4, -0.2) is 15.5 Å². The van der Waals surface area contributed by atoms with E-state index in [-0.39, 0.29) is 0 Å². The van der Waals surface area contributed by atoms with Crippen molar-refractivity contribution in [2.75, 3.05) is 18.1 Å². The second-order valence-corrected chi connectivity index (χ2v) is 6.39. The van der Waals surface area contributed by atoms with Gasteiger partial charge in [-0.05, 0) is 36.4 Å². The Morgan fingerprint density at radius 1 is 1.00 bits per heavy atom.